The number of amides is 1. The van der Waals surface area contributed by atoms with E-state index in [1.807, 2.05) is 0 Å². The SMILES string of the molecule is COc1cc(Cl)ccc1ON(c1ccccc1)S(=O)(=O)c1ccc(C(=O)NCCCCC2CCNCC2)cc1. The number of nitrogens with zero attached hydrogens (tertiary/aromatic N) is 1. The lowest BCUT2D eigenvalue weighted by Crippen LogP contribution is -2.34. The number of para-hydroxylation sites is 1. The highest BCUT2D eigenvalue weighted by Gasteiger charge is 2.29. The Morgan fingerprint density at radius 1 is 1.00 bits per heavy atom. The Morgan fingerprint density at radius 2 is 1.72 bits per heavy atom. The van der Waals surface area contributed by atoms with Crippen LogP contribution in [0.1, 0.15) is 42.5 Å². The van der Waals surface area contributed by atoms with Gasteiger partial charge in [0.15, 0.2) is 11.5 Å². The molecule has 0 saturated carbocycles. The minimum Gasteiger partial charge on any atom is -0.493 e. The highest BCUT2D eigenvalue weighted by Crippen LogP contribution is 2.34. The average molecular weight is 572 g/mol. The van der Waals surface area contributed by atoms with Crippen LogP contribution < -0.4 is 24.7 Å². The normalized spacial score (nSPS) is 14.0. The fraction of sp³-hybridized carbons (Fsp3) is 0.345. The highest BCUT2D eigenvalue weighted by molar-refractivity contribution is 7.92. The molecule has 0 aliphatic carbocycles. The lowest BCUT2D eigenvalue weighted by molar-refractivity contribution is 0.0952. The number of anilines is 1. The van der Waals surface area contributed by atoms with Crippen molar-refractivity contribution in [2.45, 2.75) is 37.0 Å². The summed E-state index contributed by atoms with van der Waals surface area (Å²) in [6.07, 6.45) is 5.63. The maximum atomic E-state index is 13.7. The first-order valence-corrected chi connectivity index (χ1v) is 14.9. The minimum absolute atomic E-state index is 0.0298. The number of nitrogens with one attached hydrogen (secondary N) is 2. The number of carbonyl (C=O) groups is 1. The molecular weight excluding hydrogens is 538 g/mol. The number of sulfonamides is 1. The van der Waals surface area contributed by atoms with E-state index >= 15 is 0 Å². The van der Waals surface area contributed by atoms with E-state index in [0.717, 1.165) is 36.3 Å². The van der Waals surface area contributed by atoms with Crippen LogP contribution in [0, 0.1) is 5.92 Å². The van der Waals surface area contributed by atoms with Gasteiger partial charge in [0.1, 0.15) is 0 Å². The molecule has 0 unspecified atom stereocenters. The first-order valence-electron chi connectivity index (χ1n) is 13.1. The molecule has 10 heteroatoms. The number of ether oxygens (including phenoxy) is 1. The van der Waals surface area contributed by atoms with E-state index in [0.29, 0.717) is 22.8 Å². The van der Waals surface area contributed by atoms with E-state index in [9.17, 15) is 13.2 Å². The van der Waals surface area contributed by atoms with Crippen molar-refractivity contribution in [2.75, 3.05) is 31.2 Å². The monoisotopic (exact) mass is 571 g/mol. The topological polar surface area (TPSA) is 97.0 Å². The molecule has 4 rings (SSSR count). The van der Waals surface area contributed by atoms with Crippen LogP contribution in [0.2, 0.25) is 5.02 Å². The number of unbranched alkanes of at least 4 members (excludes halogenated alkanes) is 1. The van der Waals surface area contributed by atoms with Crippen LogP contribution >= 0.6 is 11.6 Å². The van der Waals surface area contributed by atoms with E-state index in [1.165, 1.54) is 62.8 Å². The van der Waals surface area contributed by atoms with Crippen LogP contribution in [0.3, 0.4) is 0 Å². The molecule has 0 spiro atoms. The molecule has 1 saturated heterocycles. The fourth-order valence-corrected chi connectivity index (χ4v) is 5.91. The second kappa shape index (κ2) is 13.7. The number of hydrogen-bond acceptors (Lipinski definition) is 6. The molecule has 39 heavy (non-hydrogen) atoms. The molecule has 1 amide bonds. The lowest BCUT2D eigenvalue weighted by Gasteiger charge is -2.24. The zero-order valence-electron chi connectivity index (χ0n) is 21.9. The van der Waals surface area contributed by atoms with Gasteiger partial charge >= 0.3 is 0 Å². The Balaban J connectivity index is 1.43. The van der Waals surface area contributed by atoms with Gasteiger partial charge in [-0.2, -0.15) is 8.42 Å². The fourth-order valence-electron chi connectivity index (χ4n) is 4.50. The Labute approximate surface area is 235 Å². The second-order valence-electron chi connectivity index (χ2n) is 9.42. The molecule has 1 aliphatic heterocycles. The van der Waals surface area contributed by atoms with Crippen molar-refractivity contribution >= 4 is 33.2 Å². The zero-order chi connectivity index (χ0) is 27.7. The Bertz CT molecular complexity index is 1330. The number of hydrogen-bond donors (Lipinski definition) is 2. The largest absolute Gasteiger partial charge is 0.493 e. The summed E-state index contributed by atoms with van der Waals surface area (Å²) in [5, 5.41) is 6.73. The summed E-state index contributed by atoms with van der Waals surface area (Å²) < 4.78 is 33.5. The number of benzene rings is 3. The summed E-state index contributed by atoms with van der Waals surface area (Å²) in [6, 6.07) is 18.9. The van der Waals surface area contributed by atoms with Crippen molar-refractivity contribution in [2.24, 2.45) is 5.92 Å². The van der Waals surface area contributed by atoms with E-state index < -0.39 is 10.0 Å². The number of piperidine rings is 1. The van der Waals surface area contributed by atoms with Gasteiger partial charge in [0.25, 0.3) is 15.9 Å². The molecule has 1 aliphatic rings. The molecule has 0 atom stereocenters. The third-order valence-electron chi connectivity index (χ3n) is 6.69. The van der Waals surface area contributed by atoms with Crippen molar-refractivity contribution in [3.63, 3.8) is 0 Å². The molecular formula is C29H34ClN3O5S. The molecule has 3 aromatic carbocycles. The first kappa shape index (κ1) is 28.7. The molecule has 3 aromatic rings. The predicted octanol–water partition coefficient (Wildman–Crippen LogP) is 5.44. The van der Waals surface area contributed by atoms with Crippen LogP contribution in [-0.4, -0.2) is 41.1 Å². The zero-order valence-corrected chi connectivity index (χ0v) is 23.5. The maximum absolute atomic E-state index is 13.7. The van der Waals surface area contributed by atoms with Crippen molar-refractivity contribution in [3.05, 3.63) is 83.4 Å². The van der Waals surface area contributed by atoms with E-state index in [2.05, 4.69) is 10.6 Å². The summed E-state index contributed by atoms with van der Waals surface area (Å²) >= 11 is 6.05. The molecule has 0 aromatic heterocycles. The predicted molar refractivity (Wildman–Crippen MR) is 153 cm³/mol. The third-order valence-corrected chi connectivity index (χ3v) is 8.51. The lowest BCUT2D eigenvalue weighted by atomic mass is 9.92. The molecule has 2 N–H and O–H groups in total. The summed E-state index contributed by atoms with van der Waals surface area (Å²) in [7, 11) is -2.74. The molecule has 0 bridgehead atoms. The third kappa shape index (κ3) is 7.65. The molecule has 0 radical (unpaired) electrons. The standard InChI is InChI=1S/C29H34ClN3O5S/c1-37-28-21-24(30)12-15-27(28)38-33(25-8-3-2-4-9-25)39(35,36)26-13-10-23(11-14-26)29(34)32-18-6-5-7-22-16-19-31-20-17-22/h2-4,8-15,21-22,31H,5-7,16-20H2,1H3,(H,32,34). The summed E-state index contributed by atoms with van der Waals surface area (Å²) in [6.45, 7) is 2.78. The maximum Gasteiger partial charge on any atom is 0.295 e. The van der Waals surface area contributed by atoms with Crippen molar-refractivity contribution in [3.8, 4) is 11.5 Å². The molecule has 1 fully saturated rings. The molecule has 1 heterocycles. The Morgan fingerprint density at radius 3 is 2.41 bits per heavy atom. The van der Waals surface area contributed by atoms with Crippen LogP contribution in [0.25, 0.3) is 0 Å². The smallest absolute Gasteiger partial charge is 0.295 e. The van der Waals surface area contributed by atoms with E-state index in [1.54, 1.807) is 36.4 Å². The van der Waals surface area contributed by atoms with Crippen molar-refractivity contribution in [1.82, 2.24) is 10.6 Å². The Hall–Kier alpha value is -3.27. The minimum atomic E-state index is -4.18. The van der Waals surface area contributed by atoms with Gasteiger partial charge in [0.2, 0.25) is 0 Å². The first-order chi connectivity index (χ1) is 18.9. The van der Waals surface area contributed by atoms with Gasteiger partial charge in [0.05, 0.1) is 17.7 Å². The van der Waals surface area contributed by atoms with Crippen molar-refractivity contribution < 1.29 is 22.8 Å². The number of carbonyl (C=O) groups excluding carboxylic acids is 1. The summed E-state index contributed by atoms with van der Waals surface area (Å²) in [5.74, 6) is 0.992. The van der Waals surface area contributed by atoms with Gasteiger partial charge < -0.3 is 20.2 Å². The quantitative estimate of drug-likeness (QED) is 0.222. The van der Waals surface area contributed by atoms with Crippen LogP contribution in [-0.2, 0) is 10.0 Å². The highest BCUT2D eigenvalue weighted by atomic mass is 35.5. The number of methoxy groups -OCH3 is 1. The second-order valence-corrected chi connectivity index (χ2v) is 11.6. The van der Waals surface area contributed by atoms with Crippen LogP contribution in [0.4, 0.5) is 5.69 Å². The number of halogens is 1. The van der Waals surface area contributed by atoms with Gasteiger partial charge in [-0.3, -0.25) is 4.79 Å². The van der Waals surface area contributed by atoms with Crippen LogP contribution in [0.15, 0.2) is 77.7 Å². The van der Waals surface area contributed by atoms with E-state index in [-0.39, 0.29) is 22.3 Å². The van der Waals surface area contributed by atoms with E-state index in [4.69, 9.17) is 21.2 Å². The van der Waals surface area contributed by atoms with Crippen LogP contribution in [0.5, 0.6) is 11.5 Å². The van der Waals surface area contributed by atoms with Gasteiger partial charge in [-0.15, -0.1) is 0 Å². The average Bonchev–Trinajstić information content (AvgIpc) is 2.97. The van der Waals surface area contributed by atoms with Gasteiger partial charge in [-0.25, -0.2) is 0 Å². The van der Waals surface area contributed by atoms with Gasteiger partial charge in [-0.05, 0) is 86.8 Å². The number of rotatable bonds is 12. The van der Waals surface area contributed by atoms with Crippen molar-refractivity contribution in [1.29, 1.82) is 0 Å². The van der Waals surface area contributed by atoms with Gasteiger partial charge in [-0.1, -0.05) is 47.1 Å². The Kier molecular flexibility index (Phi) is 10.1. The molecule has 8 nitrogen and oxygen atoms in total. The van der Waals surface area contributed by atoms with Gasteiger partial charge in [0, 0.05) is 23.2 Å². The summed E-state index contributed by atoms with van der Waals surface area (Å²) in [5.41, 5.74) is 0.680. The summed E-state index contributed by atoms with van der Waals surface area (Å²) in [4.78, 5) is 18.5. The molecule has 208 valence electrons.